The van der Waals surface area contributed by atoms with Crippen LogP contribution in [-0.2, 0) is 11.3 Å². The van der Waals surface area contributed by atoms with Gasteiger partial charge in [0.1, 0.15) is 6.54 Å². The number of rotatable bonds is 7. The van der Waals surface area contributed by atoms with Gasteiger partial charge in [-0.2, -0.15) is 0 Å². The molecule has 26 heavy (non-hydrogen) atoms. The highest BCUT2D eigenvalue weighted by Crippen LogP contribution is 2.20. The third-order valence-electron chi connectivity index (χ3n) is 4.34. The summed E-state index contributed by atoms with van der Waals surface area (Å²) >= 11 is 0. The maximum Gasteiger partial charge on any atom is 0.216 e. The van der Waals surface area contributed by atoms with Crippen LogP contribution in [0.25, 0.3) is 11.3 Å². The monoisotopic (exact) mass is 357 g/mol. The number of guanidine groups is 1. The van der Waals surface area contributed by atoms with Crippen LogP contribution in [0.1, 0.15) is 17.9 Å². The molecule has 140 valence electrons. The Kier molecular flexibility index (Phi) is 6.62. The lowest BCUT2D eigenvalue weighted by molar-refractivity contribution is 0.0376. The van der Waals surface area contributed by atoms with Crippen LogP contribution < -0.4 is 11.1 Å². The standard InChI is InChI=1S/C19H27N5O2/c1-15-3-5-16(6-4-15)17-13-22-18(26-17)14-23-19(20)21-7-2-8-24-9-11-25-12-10-24/h3-6,13H,2,7-12,14H2,1H3,(H3,20,21,23). The van der Waals surface area contributed by atoms with E-state index in [1.54, 1.807) is 6.20 Å². The highest BCUT2D eigenvalue weighted by atomic mass is 16.5. The Morgan fingerprint density at radius 1 is 1.27 bits per heavy atom. The molecule has 3 N–H and O–H groups in total. The third-order valence-corrected chi connectivity index (χ3v) is 4.34. The van der Waals surface area contributed by atoms with Gasteiger partial charge in [0.15, 0.2) is 11.7 Å². The van der Waals surface area contributed by atoms with E-state index in [4.69, 9.17) is 14.9 Å². The topological polar surface area (TPSA) is 88.9 Å². The molecule has 0 radical (unpaired) electrons. The summed E-state index contributed by atoms with van der Waals surface area (Å²) in [6.07, 6.45) is 2.74. The third kappa shape index (κ3) is 5.57. The van der Waals surface area contributed by atoms with Crippen LogP contribution in [0.4, 0.5) is 0 Å². The average Bonchev–Trinajstić information content (AvgIpc) is 3.14. The van der Waals surface area contributed by atoms with Gasteiger partial charge in [-0.05, 0) is 19.9 Å². The fraction of sp³-hybridized carbons (Fsp3) is 0.474. The summed E-state index contributed by atoms with van der Waals surface area (Å²) in [7, 11) is 0. The first kappa shape index (κ1) is 18.4. The summed E-state index contributed by atoms with van der Waals surface area (Å²) in [5, 5.41) is 3.14. The molecule has 1 saturated heterocycles. The van der Waals surface area contributed by atoms with Gasteiger partial charge in [-0.1, -0.05) is 29.8 Å². The number of oxazole rings is 1. The molecule has 3 rings (SSSR count). The first-order chi connectivity index (χ1) is 12.7. The minimum Gasteiger partial charge on any atom is -0.439 e. The number of morpholine rings is 1. The van der Waals surface area contributed by atoms with Gasteiger partial charge in [-0.15, -0.1) is 0 Å². The highest BCUT2D eigenvalue weighted by molar-refractivity contribution is 5.77. The average molecular weight is 357 g/mol. The number of nitrogens with one attached hydrogen (secondary N) is 1. The molecule has 1 aromatic carbocycles. The van der Waals surface area contributed by atoms with Crippen molar-refractivity contribution >= 4 is 5.96 Å². The normalized spacial score (nSPS) is 16.0. The predicted octanol–water partition coefficient (Wildman–Crippen LogP) is 1.78. The zero-order chi connectivity index (χ0) is 18.2. The number of hydrogen-bond donors (Lipinski definition) is 2. The van der Waals surface area contributed by atoms with E-state index in [2.05, 4.69) is 39.2 Å². The second kappa shape index (κ2) is 9.35. The summed E-state index contributed by atoms with van der Waals surface area (Å²) < 4.78 is 11.1. The van der Waals surface area contributed by atoms with Gasteiger partial charge in [0.25, 0.3) is 0 Å². The number of aryl methyl sites for hydroxylation is 1. The zero-order valence-electron chi connectivity index (χ0n) is 15.3. The van der Waals surface area contributed by atoms with Gasteiger partial charge < -0.3 is 20.2 Å². The molecule has 1 aliphatic heterocycles. The van der Waals surface area contributed by atoms with Crippen molar-refractivity contribution in [2.75, 3.05) is 39.4 Å². The van der Waals surface area contributed by atoms with E-state index < -0.39 is 0 Å². The predicted molar refractivity (Wildman–Crippen MR) is 102 cm³/mol. The lowest BCUT2D eigenvalue weighted by Gasteiger charge is -2.26. The number of hydrogen-bond acceptors (Lipinski definition) is 5. The van der Waals surface area contributed by atoms with Crippen molar-refractivity contribution < 1.29 is 9.15 Å². The SMILES string of the molecule is Cc1ccc(-c2cnc(CN=C(N)NCCCN3CCOCC3)o2)cc1. The largest absolute Gasteiger partial charge is 0.439 e. The molecule has 0 amide bonds. The fourth-order valence-corrected chi connectivity index (χ4v) is 2.79. The van der Waals surface area contributed by atoms with Gasteiger partial charge >= 0.3 is 0 Å². The Bertz CT molecular complexity index is 705. The molecule has 0 spiro atoms. The molecule has 0 unspecified atom stereocenters. The van der Waals surface area contributed by atoms with E-state index in [1.807, 2.05) is 12.1 Å². The number of aliphatic imine (C=N–C) groups is 1. The molecule has 1 fully saturated rings. The first-order valence-corrected chi connectivity index (χ1v) is 9.06. The second-order valence-electron chi connectivity index (χ2n) is 6.42. The van der Waals surface area contributed by atoms with Crippen LogP contribution in [0.3, 0.4) is 0 Å². The Labute approximate surface area is 154 Å². The Morgan fingerprint density at radius 3 is 2.81 bits per heavy atom. The van der Waals surface area contributed by atoms with E-state index in [1.165, 1.54) is 5.56 Å². The Morgan fingerprint density at radius 2 is 2.04 bits per heavy atom. The van der Waals surface area contributed by atoms with Crippen molar-refractivity contribution in [3.8, 4) is 11.3 Å². The molecule has 0 bridgehead atoms. The molecule has 2 heterocycles. The molecule has 7 nitrogen and oxygen atoms in total. The smallest absolute Gasteiger partial charge is 0.216 e. The number of benzene rings is 1. The van der Waals surface area contributed by atoms with Gasteiger partial charge in [0.05, 0.1) is 19.4 Å². The van der Waals surface area contributed by atoms with E-state index in [0.29, 0.717) is 18.4 Å². The quantitative estimate of drug-likeness (QED) is 0.446. The summed E-state index contributed by atoms with van der Waals surface area (Å²) in [6.45, 7) is 7.91. The Hall–Kier alpha value is -2.38. The highest BCUT2D eigenvalue weighted by Gasteiger charge is 2.09. The van der Waals surface area contributed by atoms with Crippen LogP contribution in [0.5, 0.6) is 0 Å². The van der Waals surface area contributed by atoms with Gasteiger partial charge in [-0.3, -0.25) is 4.90 Å². The number of aromatic nitrogens is 1. The molecule has 1 aromatic heterocycles. The molecule has 0 saturated carbocycles. The molecular weight excluding hydrogens is 330 g/mol. The number of ether oxygens (including phenoxy) is 1. The molecular formula is C19H27N5O2. The summed E-state index contributed by atoms with van der Waals surface area (Å²) in [4.78, 5) is 11.0. The lowest BCUT2D eigenvalue weighted by atomic mass is 10.1. The maximum absolute atomic E-state index is 5.91. The summed E-state index contributed by atoms with van der Waals surface area (Å²) in [5.74, 6) is 1.72. The van der Waals surface area contributed by atoms with Crippen LogP contribution >= 0.6 is 0 Å². The minimum atomic E-state index is 0.328. The van der Waals surface area contributed by atoms with Gasteiger partial charge in [0.2, 0.25) is 5.89 Å². The van der Waals surface area contributed by atoms with Gasteiger partial charge in [0, 0.05) is 25.2 Å². The van der Waals surface area contributed by atoms with Crippen molar-refractivity contribution in [1.29, 1.82) is 0 Å². The lowest BCUT2D eigenvalue weighted by Crippen LogP contribution is -2.39. The van der Waals surface area contributed by atoms with E-state index >= 15 is 0 Å². The van der Waals surface area contributed by atoms with Crippen molar-refractivity contribution in [2.24, 2.45) is 10.7 Å². The van der Waals surface area contributed by atoms with Crippen LogP contribution in [-0.4, -0.2) is 55.2 Å². The van der Waals surface area contributed by atoms with E-state index in [0.717, 1.165) is 57.1 Å². The Balaban J connectivity index is 1.40. The second-order valence-corrected chi connectivity index (χ2v) is 6.42. The number of nitrogens with zero attached hydrogens (tertiary/aromatic N) is 3. The van der Waals surface area contributed by atoms with Crippen molar-refractivity contribution in [2.45, 2.75) is 19.9 Å². The van der Waals surface area contributed by atoms with Crippen LogP contribution in [0.2, 0.25) is 0 Å². The van der Waals surface area contributed by atoms with E-state index in [-0.39, 0.29) is 0 Å². The maximum atomic E-state index is 5.91. The van der Waals surface area contributed by atoms with E-state index in [9.17, 15) is 0 Å². The minimum absolute atomic E-state index is 0.328. The van der Waals surface area contributed by atoms with Crippen molar-refractivity contribution in [3.05, 3.63) is 41.9 Å². The number of nitrogens with two attached hydrogens (primary N) is 1. The summed E-state index contributed by atoms with van der Waals surface area (Å²) in [6, 6.07) is 8.14. The summed E-state index contributed by atoms with van der Waals surface area (Å²) in [5.41, 5.74) is 8.13. The first-order valence-electron chi connectivity index (χ1n) is 9.06. The molecule has 2 aromatic rings. The fourth-order valence-electron chi connectivity index (χ4n) is 2.79. The molecule has 0 atom stereocenters. The molecule has 1 aliphatic rings. The zero-order valence-corrected chi connectivity index (χ0v) is 15.3. The van der Waals surface area contributed by atoms with Gasteiger partial charge in [-0.25, -0.2) is 9.98 Å². The van der Waals surface area contributed by atoms with Crippen molar-refractivity contribution in [3.63, 3.8) is 0 Å². The van der Waals surface area contributed by atoms with Crippen molar-refractivity contribution in [1.82, 2.24) is 15.2 Å². The molecule has 0 aliphatic carbocycles. The van der Waals surface area contributed by atoms with Crippen LogP contribution in [0, 0.1) is 6.92 Å². The van der Waals surface area contributed by atoms with Crippen LogP contribution in [0.15, 0.2) is 39.9 Å². The molecule has 7 heteroatoms.